The maximum absolute atomic E-state index is 12.0. The van der Waals surface area contributed by atoms with Crippen molar-refractivity contribution in [2.24, 2.45) is 0 Å². The minimum atomic E-state index is -0.682. The van der Waals surface area contributed by atoms with E-state index in [0.29, 0.717) is 13.0 Å². The zero-order valence-corrected chi connectivity index (χ0v) is 12.9. The maximum atomic E-state index is 12.0. The van der Waals surface area contributed by atoms with Gasteiger partial charge in [-0.15, -0.1) is 0 Å². The highest BCUT2D eigenvalue weighted by molar-refractivity contribution is 5.76. The van der Waals surface area contributed by atoms with Crippen LogP contribution in [0.5, 0.6) is 5.75 Å². The van der Waals surface area contributed by atoms with Gasteiger partial charge in [-0.1, -0.05) is 31.9 Å². The van der Waals surface area contributed by atoms with Crippen LogP contribution in [-0.4, -0.2) is 30.3 Å². The molecular weight excluding hydrogens is 266 g/mol. The highest BCUT2D eigenvalue weighted by atomic mass is 16.5. The summed E-state index contributed by atoms with van der Waals surface area (Å²) >= 11 is 0. The summed E-state index contributed by atoms with van der Waals surface area (Å²) in [7, 11) is 1.64. The molecule has 0 bridgehead atoms. The van der Waals surface area contributed by atoms with Gasteiger partial charge in [0.15, 0.2) is 0 Å². The molecule has 0 radical (unpaired) electrons. The van der Waals surface area contributed by atoms with E-state index in [9.17, 15) is 9.90 Å². The van der Waals surface area contributed by atoms with Crippen LogP contribution in [-0.2, 0) is 4.79 Å². The standard InChI is InChI=1S/C17H25NO3/c1-13(14-5-7-15(21-2)8-6-14)11-16(19)18-12-17(20)9-3-4-10-17/h5-8,13,20H,3-4,9-12H2,1-2H3,(H,18,19). The lowest BCUT2D eigenvalue weighted by molar-refractivity contribution is -0.122. The molecule has 1 unspecified atom stereocenters. The predicted octanol–water partition coefficient (Wildman–Crippen LogP) is 2.61. The van der Waals surface area contributed by atoms with Gasteiger partial charge in [-0.3, -0.25) is 4.79 Å². The Morgan fingerprint density at radius 3 is 2.52 bits per heavy atom. The first-order valence-electron chi connectivity index (χ1n) is 7.65. The van der Waals surface area contributed by atoms with Crippen molar-refractivity contribution in [1.82, 2.24) is 5.32 Å². The maximum Gasteiger partial charge on any atom is 0.220 e. The van der Waals surface area contributed by atoms with Gasteiger partial charge in [-0.25, -0.2) is 0 Å². The smallest absolute Gasteiger partial charge is 0.220 e. The molecule has 2 rings (SSSR count). The topological polar surface area (TPSA) is 58.6 Å². The van der Waals surface area contributed by atoms with Gasteiger partial charge in [0, 0.05) is 13.0 Å². The largest absolute Gasteiger partial charge is 0.497 e. The van der Waals surface area contributed by atoms with Crippen molar-refractivity contribution in [2.45, 2.75) is 50.5 Å². The van der Waals surface area contributed by atoms with Gasteiger partial charge in [-0.2, -0.15) is 0 Å². The molecule has 116 valence electrons. The monoisotopic (exact) mass is 291 g/mol. The Hall–Kier alpha value is -1.55. The van der Waals surface area contributed by atoms with Gasteiger partial charge >= 0.3 is 0 Å². The summed E-state index contributed by atoms with van der Waals surface area (Å²) in [5, 5.41) is 13.1. The summed E-state index contributed by atoms with van der Waals surface area (Å²) in [5.74, 6) is 0.964. The second kappa shape index (κ2) is 6.94. The highest BCUT2D eigenvalue weighted by Gasteiger charge is 2.31. The van der Waals surface area contributed by atoms with E-state index in [1.165, 1.54) is 0 Å². The lowest BCUT2D eigenvalue weighted by atomic mass is 9.97. The SMILES string of the molecule is COc1ccc(C(C)CC(=O)NCC2(O)CCCC2)cc1. The number of aliphatic hydroxyl groups is 1. The molecule has 0 aromatic heterocycles. The summed E-state index contributed by atoms with van der Waals surface area (Å²) < 4.78 is 5.13. The van der Waals surface area contributed by atoms with Gasteiger partial charge in [0.2, 0.25) is 5.91 Å². The number of methoxy groups -OCH3 is 1. The third kappa shape index (κ3) is 4.46. The van der Waals surface area contributed by atoms with E-state index in [2.05, 4.69) is 5.32 Å². The van der Waals surface area contributed by atoms with E-state index in [-0.39, 0.29) is 11.8 Å². The summed E-state index contributed by atoms with van der Waals surface area (Å²) in [6.07, 6.45) is 4.12. The Bertz CT molecular complexity index is 463. The van der Waals surface area contributed by atoms with Crippen LogP contribution in [0.25, 0.3) is 0 Å². The zero-order valence-electron chi connectivity index (χ0n) is 12.9. The fourth-order valence-electron chi connectivity index (χ4n) is 2.87. The van der Waals surface area contributed by atoms with E-state index in [1.54, 1.807) is 7.11 Å². The van der Waals surface area contributed by atoms with E-state index < -0.39 is 5.60 Å². The number of nitrogens with one attached hydrogen (secondary N) is 1. The number of hydrogen-bond acceptors (Lipinski definition) is 3. The Balaban J connectivity index is 1.80. The van der Waals surface area contributed by atoms with Crippen LogP contribution in [0.2, 0.25) is 0 Å². The number of carbonyl (C=O) groups is 1. The lowest BCUT2D eigenvalue weighted by Crippen LogP contribution is -2.41. The first kappa shape index (κ1) is 15.8. The number of rotatable bonds is 6. The molecule has 0 aliphatic heterocycles. The first-order chi connectivity index (χ1) is 10.0. The van der Waals surface area contributed by atoms with Crippen molar-refractivity contribution in [3.8, 4) is 5.75 Å². The normalized spacial score (nSPS) is 18.2. The average Bonchev–Trinajstić information content (AvgIpc) is 2.92. The quantitative estimate of drug-likeness (QED) is 0.847. The van der Waals surface area contributed by atoms with Gasteiger partial charge in [0.1, 0.15) is 5.75 Å². The van der Waals surface area contributed by atoms with Crippen LogP contribution < -0.4 is 10.1 Å². The molecule has 0 spiro atoms. The minimum absolute atomic E-state index is 0.00126. The Morgan fingerprint density at radius 2 is 1.95 bits per heavy atom. The van der Waals surface area contributed by atoms with Gasteiger partial charge in [-0.05, 0) is 36.5 Å². The zero-order chi connectivity index (χ0) is 15.3. The molecule has 4 heteroatoms. The Labute approximate surface area is 126 Å². The van der Waals surface area contributed by atoms with E-state index in [0.717, 1.165) is 37.0 Å². The number of ether oxygens (including phenoxy) is 1. The number of hydrogen-bond donors (Lipinski definition) is 2. The molecule has 1 atom stereocenters. The fraction of sp³-hybridized carbons (Fsp3) is 0.588. The van der Waals surface area contributed by atoms with Crippen molar-refractivity contribution in [3.63, 3.8) is 0 Å². The van der Waals surface area contributed by atoms with Crippen molar-refractivity contribution in [3.05, 3.63) is 29.8 Å². The van der Waals surface area contributed by atoms with Gasteiger partial charge < -0.3 is 15.2 Å². The minimum Gasteiger partial charge on any atom is -0.497 e. The third-order valence-electron chi connectivity index (χ3n) is 4.33. The molecule has 0 heterocycles. The molecule has 2 N–H and O–H groups in total. The second-order valence-electron chi connectivity index (χ2n) is 6.09. The van der Waals surface area contributed by atoms with Gasteiger partial charge in [0.05, 0.1) is 12.7 Å². The molecule has 1 aromatic carbocycles. The summed E-state index contributed by atoms with van der Waals surface area (Å²) in [6.45, 7) is 2.41. The number of amides is 1. The molecule has 4 nitrogen and oxygen atoms in total. The fourth-order valence-corrected chi connectivity index (χ4v) is 2.87. The van der Waals surface area contributed by atoms with Crippen LogP contribution in [0.3, 0.4) is 0 Å². The van der Waals surface area contributed by atoms with Crippen LogP contribution in [0.1, 0.15) is 50.5 Å². The van der Waals surface area contributed by atoms with Gasteiger partial charge in [0.25, 0.3) is 0 Å². The van der Waals surface area contributed by atoms with Crippen LogP contribution in [0.4, 0.5) is 0 Å². The average molecular weight is 291 g/mol. The molecule has 1 fully saturated rings. The van der Waals surface area contributed by atoms with Crippen LogP contribution >= 0.6 is 0 Å². The number of benzene rings is 1. The lowest BCUT2D eigenvalue weighted by Gasteiger charge is -2.23. The van der Waals surface area contributed by atoms with Crippen molar-refractivity contribution in [1.29, 1.82) is 0 Å². The Morgan fingerprint density at radius 1 is 1.33 bits per heavy atom. The van der Waals surface area contributed by atoms with Crippen molar-refractivity contribution >= 4 is 5.91 Å². The molecule has 1 saturated carbocycles. The van der Waals surface area contributed by atoms with Crippen molar-refractivity contribution < 1.29 is 14.6 Å². The molecule has 1 aromatic rings. The highest BCUT2D eigenvalue weighted by Crippen LogP contribution is 2.28. The first-order valence-corrected chi connectivity index (χ1v) is 7.65. The van der Waals surface area contributed by atoms with Crippen LogP contribution in [0.15, 0.2) is 24.3 Å². The second-order valence-corrected chi connectivity index (χ2v) is 6.09. The molecule has 21 heavy (non-hydrogen) atoms. The molecule has 1 amide bonds. The predicted molar refractivity (Wildman–Crippen MR) is 82.5 cm³/mol. The van der Waals surface area contributed by atoms with E-state index >= 15 is 0 Å². The van der Waals surface area contributed by atoms with E-state index in [1.807, 2.05) is 31.2 Å². The summed E-state index contributed by atoms with van der Waals surface area (Å²) in [6, 6.07) is 7.79. The third-order valence-corrected chi connectivity index (χ3v) is 4.33. The van der Waals surface area contributed by atoms with Crippen LogP contribution in [0, 0.1) is 0 Å². The Kier molecular flexibility index (Phi) is 5.23. The number of carbonyl (C=O) groups excluding carboxylic acids is 1. The van der Waals surface area contributed by atoms with Crippen molar-refractivity contribution in [2.75, 3.05) is 13.7 Å². The molecular formula is C17H25NO3. The molecule has 1 aliphatic carbocycles. The molecule has 1 aliphatic rings. The summed E-state index contributed by atoms with van der Waals surface area (Å²) in [5.41, 5.74) is 0.435. The molecule has 0 saturated heterocycles. The summed E-state index contributed by atoms with van der Waals surface area (Å²) in [4.78, 5) is 12.0. The van der Waals surface area contributed by atoms with E-state index in [4.69, 9.17) is 4.74 Å².